The Morgan fingerprint density at radius 1 is 1.09 bits per heavy atom. The molecule has 3 rings (SSSR count). The molecule has 0 bridgehead atoms. The minimum atomic E-state index is -0.151. The van der Waals surface area contributed by atoms with Crippen LogP contribution >= 0.6 is 0 Å². The van der Waals surface area contributed by atoms with Crippen molar-refractivity contribution in [1.29, 1.82) is 0 Å². The third kappa shape index (κ3) is 3.15. The molecule has 5 heteroatoms. The summed E-state index contributed by atoms with van der Waals surface area (Å²) in [5.41, 5.74) is 1.12. The second kappa shape index (κ2) is 6.54. The second-order valence-corrected chi connectivity index (χ2v) is 6.26. The Morgan fingerprint density at radius 3 is 2.17 bits per heavy atom. The minimum Gasteiger partial charge on any atom is -0.497 e. The Labute approximate surface area is 136 Å². The van der Waals surface area contributed by atoms with Gasteiger partial charge in [-0.05, 0) is 37.6 Å². The van der Waals surface area contributed by atoms with Crippen molar-refractivity contribution in [3.63, 3.8) is 0 Å². The first-order valence-corrected chi connectivity index (χ1v) is 7.92. The summed E-state index contributed by atoms with van der Waals surface area (Å²) in [6.07, 6.45) is 5.40. The predicted molar refractivity (Wildman–Crippen MR) is 86.5 cm³/mol. The first-order chi connectivity index (χ1) is 11.1. The predicted octanol–water partition coefficient (Wildman–Crippen LogP) is 2.04. The number of nitrogens with zero attached hydrogens (tertiary/aromatic N) is 2. The van der Waals surface area contributed by atoms with Gasteiger partial charge in [0.05, 0.1) is 25.6 Å². The van der Waals surface area contributed by atoms with Crippen LogP contribution in [0.2, 0.25) is 0 Å². The Kier molecular flexibility index (Phi) is 4.48. The number of carbonyl (C=O) groups is 2. The topological polar surface area (TPSA) is 49.9 Å². The number of fused-ring (bicyclic) bond motifs is 1. The maximum absolute atomic E-state index is 12.4. The van der Waals surface area contributed by atoms with Crippen molar-refractivity contribution >= 4 is 11.8 Å². The molecule has 0 aromatic heterocycles. The van der Waals surface area contributed by atoms with Crippen LogP contribution in [0.25, 0.3) is 0 Å². The van der Waals surface area contributed by atoms with Gasteiger partial charge in [0, 0.05) is 6.54 Å². The van der Waals surface area contributed by atoms with E-state index in [1.54, 1.807) is 7.11 Å². The van der Waals surface area contributed by atoms with E-state index < -0.39 is 0 Å². The van der Waals surface area contributed by atoms with E-state index in [0.717, 1.165) is 11.3 Å². The third-order valence-electron chi connectivity index (χ3n) is 4.59. The van der Waals surface area contributed by atoms with E-state index in [4.69, 9.17) is 4.74 Å². The number of carbonyl (C=O) groups excluding carboxylic acids is 2. The van der Waals surface area contributed by atoms with Gasteiger partial charge in [-0.1, -0.05) is 24.3 Å². The Bertz CT molecular complexity index is 598. The van der Waals surface area contributed by atoms with E-state index in [9.17, 15) is 9.59 Å². The van der Waals surface area contributed by atoms with Gasteiger partial charge in [0.2, 0.25) is 11.8 Å². The molecule has 1 aliphatic carbocycles. The van der Waals surface area contributed by atoms with Gasteiger partial charge >= 0.3 is 0 Å². The molecule has 0 saturated carbocycles. The number of hydrogen-bond acceptors (Lipinski definition) is 4. The molecule has 2 amide bonds. The van der Waals surface area contributed by atoms with Gasteiger partial charge in [0.15, 0.2) is 0 Å². The van der Waals surface area contributed by atoms with Crippen LogP contribution in [-0.4, -0.2) is 42.4 Å². The molecular formula is C18H22N2O3. The number of ether oxygens (including phenoxy) is 1. The fraction of sp³-hybridized carbons (Fsp3) is 0.444. The molecule has 0 unspecified atom stereocenters. The van der Waals surface area contributed by atoms with Crippen molar-refractivity contribution < 1.29 is 14.3 Å². The summed E-state index contributed by atoms with van der Waals surface area (Å²) in [5, 5.41) is 0. The largest absolute Gasteiger partial charge is 0.497 e. The van der Waals surface area contributed by atoms with Crippen LogP contribution in [0.15, 0.2) is 36.4 Å². The Morgan fingerprint density at radius 2 is 1.65 bits per heavy atom. The fourth-order valence-corrected chi connectivity index (χ4v) is 3.34. The molecule has 0 radical (unpaired) electrons. The summed E-state index contributed by atoms with van der Waals surface area (Å²) in [6.45, 7) is 1.02. The molecule has 1 fully saturated rings. The number of allylic oxidation sites excluding steroid dienone is 2. The zero-order valence-electron chi connectivity index (χ0n) is 13.6. The van der Waals surface area contributed by atoms with E-state index in [1.807, 2.05) is 48.4 Å². The van der Waals surface area contributed by atoms with Crippen molar-refractivity contribution in [2.75, 3.05) is 20.8 Å². The van der Waals surface area contributed by atoms with Crippen molar-refractivity contribution in [3.05, 3.63) is 42.0 Å². The molecule has 1 aromatic carbocycles. The number of likely N-dealkylation sites (tertiary alicyclic amines) is 1. The number of benzene rings is 1. The normalized spacial score (nSPS) is 23.5. The molecule has 2 atom stereocenters. The highest BCUT2D eigenvalue weighted by Crippen LogP contribution is 2.35. The van der Waals surface area contributed by atoms with Gasteiger partial charge in [-0.25, -0.2) is 0 Å². The van der Waals surface area contributed by atoms with Crippen molar-refractivity contribution in [3.8, 4) is 5.75 Å². The third-order valence-corrected chi connectivity index (χ3v) is 4.59. The number of methoxy groups -OCH3 is 1. The van der Waals surface area contributed by atoms with Crippen LogP contribution in [0.4, 0.5) is 0 Å². The van der Waals surface area contributed by atoms with Crippen LogP contribution in [0.5, 0.6) is 5.75 Å². The van der Waals surface area contributed by atoms with Crippen LogP contribution in [0, 0.1) is 11.8 Å². The van der Waals surface area contributed by atoms with Gasteiger partial charge in [-0.2, -0.15) is 0 Å². The molecule has 1 aromatic rings. The summed E-state index contributed by atoms with van der Waals surface area (Å²) in [6, 6.07) is 7.81. The first kappa shape index (κ1) is 15.7. The molecule has 5 nitrogen and oxygen atoms in total. The summed E-state index contributed by atoms with van der Waals surface area (Å²) in [5.74, 6) is 0.471. The first-order valence-electron chi connectivity index (χ1n) is 7.92. The molecule has 1 saturated heterocycles. The minimum absolute atomic E-state index is 0.0223. The summed E-state index contributed by atoms with van der Waals surface area (Å²) >= 11 is 0. The molecule has 122 valence electrons. The molecule has 23 heavy (non-hydrogen) atoms. The van der Waals surface area contributed by atoms with Gasteiger partial charge in [-0.15, -0.1) is 0 Å². The fourth-order valence-electron chi connectivity index (χ4n) is 3.34. The van der Waals surface area contributed by atoms with Crippen molar-refractivity contribution in [1.82, 2.24) is 9.80 Å². The molecule has 0 spiro atoms. The van der Waals surface area contributed by atoms with Gasteiger partial charge in [0.25, 0.3) is 0 Å². The quantitative estimate of drug-likeness (QED) is 0.616. The lowest BCUT2D eigenvalue weighted by molar-refractivity contribution is -0.142. The van der Waals surface area contributed by atoms with Crippen molar-refractivity contribution in [2.45, 2.75) is 19.4 Å². The lowest BCUT2D eigenvalue weighted by atomic mass is 9.85. The van der Waals surface area contributed by atoms with Gasteiger partial charge in [-0.3, -0.25) is 19.4 Å². The molecule has 0 N–H and O–H groups in total. The second-order valence-electron chi connectivity index (χ2n) is 6.26. The zero-order chi connectivity index (χ0) is 16.4. The summed E-state index contributed by atoms with van der Waals surface area (Å²) in [7, 11) is 3.56. The standard InChI is InChI=1S/C18H22N2O3/c1-19(11-13-7-9-14(23-2)10-8-13)12-20-17(21)15-5-3-4-6-16(15)18(20)22/h3-4,7-10,15-16H,5-6,11-12H2,1-2H3/t15-,16-/m0/s1. The molecule has 2 aliphatic rings. The van der Waals surface area contributed by atoms with E-state index >= 15 is 0 Å². The number of amides is 2. The maximum atomic E-state index is 12.4. The highest BCUT2D eigenvalue weighted by Gasteiger charge is 2.47. The number of rotatable bonds is 5. The van der Waals surface area contributed by atoms with Crippen LogP contribution in [0.3, 0.4) is 0 Å². The van der Waals surface area contributed by atoms with Gasteiger partial charge < -0.3 is 4.74 Å². The SMILES string of the molecule is COc1ccc(CN(C)CN2C(=O)[C@H]3CC=CC[C@@H]3C2=O)cc1. The van der Waals surface area contributed by atoms with Crippen LogP contribution in [-0.2, 0) is 16.1 Å². The molecule has 1 aliphatic heterocycles. The van der Waals surface area contributed by atoms with Crippen LogP contribution < -0.4 is 4.74 Å². The Balaban J connectivity index is 1.62. The number of hydrogen-bond donors (Lipinski definition) is 0. The summed E-state index contributed by atoms with van der Waals surface area (Å²) in [4.78, 5) is 28.3. The smallest absolute Gasteiger partial charge is 0.234 e. The highest BCUT2D eigenvalue weighted by atomic mass is 16.5. The average Bonchev–Trinajstić information content (AvgIpc) is 2.81. The van der Waals surface area contributed by atoms with Crippen molar-refractivity contribution in [2.24, 2.45) is 11.8 Å². The van der Waals surface area contributed by atoms with Gasteiger partial charge in [0.1, 0.15) is 5.75 Å². The maximum Gasteiger partial charge on any atom is 0.234 e. The van der Waals surface area contributed by atoms with E-state index in [2.05, 4.69) is 0 Å². The molecule has 1 heterocycles. The Hall–Kier alpha value is -2.14. The zero-order valence-corrected chi connectivity index (χ0v) is 13.6. The monoisotopic (exact) mass is 314 g/mol. The molecular weight excluding hydrogens is 292 g/mol. The van der Waals surface area contributed by atoms with E-state index in [1.165, 1.54) is 4.90 Å². The van der Waals surface area contributed by atoms with Crippen LogP contribution in [0.1, 0.15) is 18.4 Å². The summed E-state index contributed by atoms with van der Waals surface area (Å²) < 4.78 is 5.15. The lowest BCUT2D eigenvalue weighted by Gasteiger charge is -2.23. The lowest BCUT2D eigenvalue weighted by Crippen LogP contribution is -2.40. The van der Waals surface area contributed by atoms with E-state index in [-0.39, 0.29) is 23.7 Å². The number of imide groups is 1. The highest BCUT2D eigenvalue weighted by molar-refractivity contribution is 6.05. The van der Waals surface area contributed by atoms with E-state index in [0.29, 0.717) is 26.1 Å². The average molecular weight is 314 g/mol.